The van der Waals surface area contributed by atoms with Crippen LogP contribution in [0.15, 0.2) is 35.3 Å². The molecule has 0 aromatic heterocycles. The molecule has 1 aliphatic heterocycles. The number of rotatable bonds is 6. The molecular weight excluding hydrogens is 358 g/mol. The van der Waals surface area contributed by atoms with E-state index >= 15 is 0 Å². The van der Waals surface area contributed by atoms with Crippen LogP contribution in [0.2, 0.25) is 0 Å². The smallest absolute Gasteiger partial charge is 0.193 e. The fourth-order valence-corrected chi connectivity index (χ4v) is 5.98. The van der Waals surface area contributed by atoms with Crippen molar-refractivity contribution < 1.29 is 8.42 Å². The number of piperidine rings is 1. The first kappa shape index (κ1) is 20.2. The molecule has 0 amide bonds. The lowest BCUT2D eigenvalue weighted by atomic mass is 9.79. The molecule has 0 radical (unpaired) electrons. The van der Waals surface area contributed by atoms with Crippen molar-refractivity contribution in [3.05, 3.63) is 35.9 Å². The third-order valence-corrected chi connectivity index (χ3v) is 7.28. The molecule has 27 heavy (non-hydrogen) atoms. The maximum Gasteiger partial charge on any atom is 0.193 e. The molecule has 6 heteroatoms. The molecule has 1 N–H and O–H groups in total. The first-order chi connectivity index (χ1) is 12.9. The molecule has 2 atom stereocenters. The fraction of sp³-hybridized carbons (Fsp3) is 0.667. The van der Waals surface area contributed by atoms with E-state index in [4.69, 9.17) is 0 Å². The second kappa shape index (κ2) is 8.21. The summed E-state index contributed by atoms with van der Waals surface area (Å²) >= 11 is 0. The van der Waals surface area contributed by atoms with Crippen LogP contribution in [0, 0.1) is 11.3 Å². The lowest BCUT2D eigenvalue weighted by Crippen LogP contribution is -2.49. The minimum atomic E-state index is -2.94. The number of hydrogen-bond acceptors (Lipinski definition) is 3. The van der Waals surface area contributed by atoms with Gasteiger partial charge in [-0.25, -0.2) is 8.42 Å². The lowest BCUT2D eigenvalue weighted by Gasteiger charge is -2.40. The summed E-state index contributed by atoms with van der Waals surface area (Å²) in [5.41, 5.74) is 1.35. The summed E-state index contributed by atoms with van der Waals surface area (Å²) in [6.07, 6.45) is 5.57. The second-order valence-electron chi connectivity index (χ2n) is 8.39. The van der Waals surface area contributed by atoms with Gasteiger partial charge in [-0.3, -0.25) is 4.99 Å². The van der Waals surface area contributed by atoms with Crippen molar-refractivity contribution in [1.82, 2.24) is 10.2 Å². The third-order valence-electron chi connectivity index (χ3n) is 6.14. The van der Waals surface area contributed by atoms with Crippen molar-refractivity contribution in [2.75, 3.05) is 38.7 Å². The van der Waals surface area contributed by atoms with Crippen LogP contribution in [0.1, 0.15) is 44.1 Å². The van der Waals surface area contributed by atoms with Crippen molar-refractivity contribution in [2.24, 2.45) is 16.3 Å². The average molecular weight is 392 g/mol. The molecule has 0 bridgehead atoms. The zero-order chi connectivity index (χ0) is 19.5. The number of nitrogens with one attached hydrogen (secondary N) is 1. The normalized spacial score (nSPS) is 25.3. The first-order valence-electron chi connectivity index (χ1n) is 10.0. The molecule has 1 saturated heterocycles. The van der Waals surface area contributed by atoms with E-state index in [0.717, 1.165) is 44.7 Å². The van der Waals surface area contributed by atoms with Crippen LogP contribution in [0.4, 0.5) is 0 Å². The molecule has 1 aromatic carbocycles. The quantitative estimate of drug-likeness (QED) is 0.598. The van der Waals surface area contributed by atoms with Gasteiger partial charge >= 0.3 is 0 Å². The highest BCUT2D eigenvalue weighted by atomic mass is 32.2. The molecule has 2 fully saturated rings. The van der Waals surface area contributed by atoms with E-state index in [-0.39, 0.29) is 11.2 Å². The minimum absolute atomic E-state index is 0.0873. The zero-order valence-corrected chi connectivity index (χ0v) is 17.6. The number of aliphatic imine (C=N–C) groups is 1. The van der Waals surface area contributed by atoms with Gasteiger partial charge in [-0.2, -0.15) is 0 Å². The van der Waals surface area contributed by atoms with Gasteiger partial charge in [0.25, 0.3) is 0 Å². The van der Waals surface area contributed by atoms with Crippen LogP contribution >= 0.6 is 0 Å². The highest BCUT2D eigenvalue weighted by molar-refractivity contribution is 7.90. The van der Waals surface area contributed by atoms with Gasteiger partial charge in [-0.15, -0.1) is 0 Å². The number of sulfone groups is 1. The number of hydrogen-bond donors (Lipinski definition) is 1. The third kappa shape index (κ3) is 5.24. The van der Waals surface area contributed by atoms with Gasteiger partial charge in [-0.05, 0) is 36.7 Å². The molecule has 5 nitrogen and oxygen atoms in total. The number of likely N-dealkylation sites (tertiary alicyclic amines) is 1. The molecule has 1 aromatic rings. The Hall–Kier alpha value is -1.56. The predicted molar refractivity (Wildman–Crippen MR) is 112 cm³/mol. The summed E-state index contributed by atoms with van der Waals surface area (Å²) in [6, 6.07) is 10.8. The Labute approximate surface area is 164 Å². The summed E-state index contributed by atoms with van der Waals surface area (Å²) < 4.78 is 23.4. The molecule has 150 valence electrons. The van der Waals surface area contributed by atoms with Crippen LogP contribution in [0.3, 0.4) is 0 Å². The van der Waals surface area contributed by atoms with E-state index in [0.29, 0.717) is 18.4 Å². The molecule has 1 aliphatic carbocycles. The average Bonchev–Trinajstić information content (AvgIpc) is 3.40. The summed E-state index contributed by atoms with van der Waals surface area (Å²) in [4.78, 5) is 6.84. The molecule has 2 unspecified atom stereocenters. The SMILES string of the molecule is CCC1CN(C(=NC)NCC2(CS(C)(=O)=O)CC2)CCC1c1ccccc1. The predicted octanol–water partition coefficient (Wildman–Crippen LogP) is 2.90. The van der Waals surface area contributed by atoms with Crippen molar-refractivity contribution in [1.29, 1.82) is 0 Å². The van der Waals surface area contributed by atoms with E-state index in [9.17, 15) is 8.42 Å². The topological polar surface area (TPSA) is 61.8 Å². The van der Waals surface area contributed by atoms with Crippen molar-refractivity contribution in [2.45, 2.75) is 38.5 Å². The fourth-order valence-electron chi connectivity index (χ4n) is 4.48. The van der Waals surface area contributed by atoms with E-state index < -0.39 is 9.84 Å². The standard InChI is InChI=1S/C21H33N3O2S/c1-4-17-14-24(13-10-19(17)18-8-6-5-7-9-18)20(22-2)23-15-21(11-12-21)16-27(3,25)26/h5-9,17,19H,4,10-16H2,1-3H3,(H,22,23). The maximum absolute atomic E-state index is 11.7. The van der Waals surface area contributed by atoms with Crippen molar-refractivity contribution in [3.63, 3.8) is 0 Å². The zero-order valence-electron chi connectivity index (χ0n) is 16.8. The molecule has 1 saturated carbocycles. The Bertz CT molecular complexity index is 757. The lowest BCUT2D eigenvalue weighted by molar-refractivity contribution is 0.215. The minimum Gasteiger partial charge on any atom is -0.356 e. The summed E-state index contributed by atoms with van der Waals surface area (Å²) in [5, 5.41) is 3.48. The second-order valence-corrected chi connectivity index (χ2v) is 10.5. The number of benzene rings is 1. The Kier molecular flexibility index (Phi) is 6.14. The number of nitrogens with zero attached hydrogens (tertiary/aromatic N) is 2. The van der Waals surface area contributed by atoms with Crippen LogP contribution in [-0.2, 0) is 9.84 Å². The van der Waals surface area contributed by atoms with Gasteiger partial charge in [0.1, 0.15) is 9.84 Å². The van der Waals surface area contributed by atoms with Gasteiger partial charge in [0.05, 0.1) is 5.75 Å². The van der Waals surface area contributed by atoms with Gasteiger partial charge in [0.2, 0.25) is 0 Å². The van der Waals surface area contributed by atoms with Crippen LogP contribution < -0.4 is 5.32 Å². The van der Waals surface area contributed by atoms with E-state index in [1.165, 1.54) is 11.8 Å². The monoisotopic (exact) mass is 391 g/mol. The van der Waals surface area contributed by atoms with Crippen molar-refractivity contribution >= 4 is 15.8 Å². The molecule has 3 rings (SSSR count). The first-order valence-corrected chi connectivity index (χ1v) is 12.1. The Morgan fingerprint density at radius 1 is 1.30 bits per heavy atom. The Balaban J connectivity index is 1.61. The van der Waals surface area contributed by atoms with Crippen LogP contribution in [0.5, 0.6) is 0 Å². The summed E-state index contributed by atoms with van der Waals surface area (Å²) in [5.74, 6) is 2.40. The highest BCUT2D eigenvalue weighted by Crippen LogP contribution is 2.46. The molecule has 1 heterocycles. The summed E-state index contributed by atoms with van der Waals surface area (Å²) in [7, 11) is -1.12. The van der Waals surface area contributed by atoms with Gasteiger partial charge < -0.3 is 10.2 Å². The van der Waals surface area contributed by atoms with E-state index in [1.54, 1.807) is 0 Å². The van der Waals surface area contributed by atoms with Gasteiger partial charge in [0, 0.05) is 38.4 Å². The van der Waals surface area contributed by atoms with Crippen LogP contribution in [0.25, 0.3) is 0 Å². The largest absolute Gasteiger partial charge is 0.356 e. The van der Waals surface area contributed by atoms with Crippen LogP contribution in [-0.4, -0.2) is 58.0 Å². The highest BCUT2D eigenvalue weighted by Gasteiger charge is 2.45. The molecule has 0 spiro atoms. The van der Waals surface area contributed by atoms with Gasteiger partial charge in [-0.1, -0.05) is 43.7 Å². The maximum atomic E-state index is 11.7. The Morgan fingerprint density at radius 2 is 2.00 bits per heavy atom. The Morgan fingerprint density at radius 3 is 2.56 bits per heavy atom. The van der Waals surface area contributed by atoms with Gasteiger partial charge in [0.15, 0.2) is 5.96 Å². The molecule has 2 aliphatic rings. The van der Waals surface area contributed by atoms with Crippen molar-refractivity contribution in [3.8, 4) is 0 Å². The molecular formula is C21H33N3O2S. The number of guanidine groups is 1. The van der Waals surface area contributed by atoms with E-state index in [2.05, 4.69) is 52.5 Å². The van der Waals surface area contributed by atoms with E-state index in [1.807, 2.05) is 7.05 Å². The summed E-state index contributed by atoms with van der Waals surface area (Å²) in [6.45, 7) is 4.94.